The van der Waals surface area contributed by atoms with Gasteiger partial charge in [-0.15, -0.1) is 0 Å². The molecule has 1 amide bonds. The minimum atomic E-state index is -0.285. The molecule has 0 atom stereocenters. The number of carbonyl (C=O) groups excluding carboxylic acids is 1. The number of anilines is 1. The molecular weight excluding hydrogens is 375 g/mol. The first-order chi connectivity index (χ1) is 11.5. The number of nitrogens with zero attached hydrogens (tertiary/aromatic N) is 1. The van der Waals surface area contributed by atoms with Gasteiger partial charge in [0.2, 0.25) is 5.91 Å². The van der Waals surface area contributed by atoms with Crippen LogP contribution in [-0.2, 0) is 11.3 Å². The van der Waals surface area contributed by atoms with Crippen molar-refractivity contribution in [1.82, 2.24) is 4.90 Å². The molecule has 0 heterocycles. The molecule has 0 aliphatic carbocycles. The average molecular weight is 395 g/mol. The van der Waals surface area contributed by atoms with E-state index in [-0.39, 0.29) is 18.3 Å². The quantitative estimate of drug-likeness (QED) is 0.769. The van der Waals surface area contributed by atoms with E-state index in [0.29, 0.717) is 30.2 Å². The van der Waals surface area contributed by atoms with E-state index in [0.717, 1.165) is 4.47 Å². The van der Waals surface area contributed by atoms with Crippen LogP contribution in [0.5, 0.6) is 5.75 Å². The predicted molar refractivity (Wildman–Crippen MR) is 96.7 cm³/mol. The van der Waals surface area contributed by atoms with Crippen molar-refractivity contribution < 1.29 is 13.9 Å². The summed E-state index contributed by atoms with van der Waals surface area (Å²) in [7, 11) is 1.77. The first-order valence-electron chi connectivity index (χ1n) is 7.63. The van der Waals surface area contributed by atoms with Crippen molar-refractivity contribution in [3.05, 3.63) is 58.3 Å². The normalized spacial score (nSPS) is 10.7. The van der Waals surface area contributed by atoms with Gasteiger partial charge in [-0.3, -0.25) is 9.69 Å². The summed E-state index contributed by atoms with van der Waals surface area (Å²) in [6.07, 6.45) is 0. The highest BCUT2D eigenvalue weighted by atomic mass is 79.9. The summed E-state index contributed by atoms with van der Waals surface area (Å²) >= 11 is 3.33. The maximum Gasteiger partial charge on any atom is 0.238 e. The number of rotatable bonds is 7. The fraction of sp³-hybridized carbons (Fsp3) is 0.278. The molecule has 0 bridgehead atoms. The Hall–Kier alpha value is -1.92. The van der Waals surface area contributed by atoms with Crippen LogP contribution in [0.3, 0.4) is 0 Å². The Morgan fingerprint density at radius 2 is 2.04 bits per heavy atom. The van der Waals surface area contributed by atoms with E-state index in [2.05, 4.69) is 21.2 Å². The van der Waals surface area contributed by atoms with Crippen molar-refractivity contribution in [3.63, 3.8) is 0 Å². The molecule has 0 aliphatic rings. The van der Waals surface area contributed by atoms with Gasteiger partial charge in [-0.2, -0.15) is 0 Å². The Morgan fingerprint density at radius 1 is 1.29 bits per heavy atom. The minimum absolute atomic E-state index is 0.145. The summed E-state index contributed by atoms with van der Waals surface area (Å²) in [5, 5.41) is 2.83. The van der Waals surface area contributed by atoms with E-state index >= 15 is 0 Å². The Kier molecular flexibility index (Phi) is 6.75. The van der Waals surface area contributed by atoms with Gasteiger partial charge in [0, 0.05) is 16.6 Å². The number of benzene rings is 2. The lowest BCUT2D eigenvalue weighted by atomic mass is 10.2. The fourth-order valence-electron chi connectivity index (χ4n) is 2.30. The van der Waals surface area contributed by atoms with E-state index in [1.165, 1.54) is 6.07 Å². The number of halogens is 2. The molecule has 0 spiro atoms. The van der Waals surface area contributed by atoms with Crippen molar-refractivity contribution in [2.24, 2.45) is 0 Å². The highest BCUT2D eigenvalue weighted by Gasteiger charge is 2.12. The fourth-order valence-corrected chi connectivity index (χ4v) is 2.71. The van der Waals surface area contributed by atoms with Crippen LogP contribution in [0.2, 0.25) is 0 Å². The third-order valence-corrected chi connectivity index (χ3v) is 3.82. The number of ether oxygens (including phenoxy) is 1. The lowest BCUT2D eigenvalue weighted by molar-refractivity contribution is -0.117. The molecule has 128 valence electrons. The van der Waals surface area contributed by atoms with Gasteiger partial charge in [0.1, 0.15) is 11.6 Å². The monoisotopic (exact) mass is 394 g/mol. The first-order valence-corrected chi connectivity index (χ1v) is 8.43. The summed E-state index contributed by atoms with van der Waals surface area (Å²) in [5.41, 5.74) is 1.17. The summed E-state index contributed by atoms with van der Waals surface area (Å²) in [6.45, 7) is 2.89. The second-order valence-electron chi connectivity index (χ2n) is 5.39. The molecule has 2 aromatic rings. The van der Waals surface area contributed by atoms with Gasteiger partial charge >= 0.3 is 0 Å². The van der Waals surface area contributed by atoms with Crippen LogP contribution in [-0.4, -0.2) is 31.0 Å². The van der Waals surface area contributed by atoms with Crippen LogP contribution in [0.1, 0.15) is 12.5 Å². The number of para-hydroxylation sites is 2. The Morgan fingerprint density at radius 3 is 2.79 bits per heavy atom. The zero-order chi connectivity index (χ0) is 17.5. The molecule has 1 N–H and O–H groups in total. The number of carbonyl (C=O) groups is 1. The van der Waals surface area contributed by atoms with Gasteiger partial charge in [-0.1, -0.05) is 28.1 Å². The Balaban J connectivity index is 1.96. The number of nitrogens with one attached hydrogen (secondary N) is 1. The largest absolute Gasteiger partial charge is 0.492 e. The third kappa shape index (κ3) is 5.32. The molecule has 0 radical (unpaired) electrons. The molecule has 24 heavy (non-hydrogen) atoms. The lowest BCUT2D eigenvalue weighted by Gasteiger charge is -2.18. The van der Waals surface area contributed by atoms with Crippen LogP contribution < -0.4 is 10.1 Å². The molecule has 0 saturated carbocycles. The van der Waals surface area contributed by atoms with Gasteiger partial charge < -0.3 is 10.1 Å². The van der Waals surface area contributed by atoms with Crippen LogP contribution in [0.25, 0.3) is 0 Å². The van der Waals surface area contributed by atoms with Gasteiger partial charge in [-0.25, -0.2) is 4.39 Å². The van der Waals surface area contributed by atoms with Crippen molar-refractivity contribution in [3.8, 4) is 5.75 Å². The Labute approximate surface area is 149 Å². The maximum absolute atomic E-state index is 13.8. The Bertz CT molecular complexity index is 709. The smallest absolute Gasteiger partial charge is 0.238 e. The zero-order valence-corrected chi connectivity index (χ0v) is 15.3. The highest BCUT2D eigenvalue weighted by Crippen LogP contribution is 2.23. The molecule has 2 rings (SSSR count). The average Bonchev–Trinajstić information content (AvgIpc) is 2.53. The highest BCUT2D eigenvalue weighted by molar-refractivity contribution is 9.10. The molecule has 4 nitrogen and oxygen atoms in total. The zero-order valence-electron chi connectivity index (χ0n) is 13.7. The second kappa shape index (κ2) is 8.80. The molecule has 0 aliphatic heterocycles. The van der Waals surface area contributed by atoms with E-state index in [9.17, 15) is 9.18 Å². The van der Waals surface area contributed by atoms with E-state index in [4.69, 9.17) is 4.74 Å². The standard InChI is InChI=1S/C18H20BrFN2O2/c1-3-24-17-7-5-4-6-16(17)21-18(23)12-22(2)11-13-10-14(19)8-9-15(13)20/h4-10H,3,11-12H2,1-2H3,(H,21,23). The van der Waals surface area contributed by atoms with Gasteiger partial charge in [0.25, 0.3) is 0 Å². The van der Waals surface area contributed by atoms with E-state index in [1.807, 2.05) is 19.1 Å². The second-order valence-corrected chi connectivity index (χ2v) is 6.30. The number of likely N-dealkylation sites (N-methyl/N-ethyl adjacent to an activating group) is 1. The van der Waals surface area contributed by atoms with Crippen molar-refractivity contribution >= 4 is 27.5 Å². The number of hydrogen-bond donors (Lipinski definition) is 1. The summed E-state index contributed by atoms with van der Waals surface area (Å²) in [6, 6.07) is 12.0. The molecule has 6 heteroatoms. The lowest BCUT2D eigenvalue weighted by Crippen LogP contribution is -2.30. The molecule has 0 unspecified atom stereocenters. The van der Waals surface area contributed by atoms with Crippen LogP contribution in [0.15, 0.2) is 46.9 Å². The van der Waals surface area contributed by atoms with E-state index < -0.39 is 0 Å². The van der Waals surface area contributed by atoms with Crippen molar-refractivity contribution in [2.75, 3.05) is 25.5 Å². The topological polar surface area (TPSA) is 41.6 Å². The SMILES string of the molecule is CCOc1ccccc1NC(=O)CN(C)Cc1cc(Br)ccc1F. The molecule has 0 fully saturated rings. The minimum Gasteiger partial charge on any atom is -0.492 e. The summed E-state index contributed by atoms with van der Waals surface area (Å²) < 4.78 is 20.1. The summed E-state index contributed by atoms with van der Waals surface area (Å²) in [4.78, 5) is 14.0. The maximum atomic E-state index is 13.8. The number of hydrogen-bond acceptors (Lipinski definition) is 3. The van der Waals surface area contributed by atoms with Gasteiger partial charge in [-0.05, 0) is 44.3 Å². The van der Waals surface area contributed by atoms with E-state index in [1.54, 1.807) is 36.2 Å². The van der Waals surface area contributed by atoms with Crippen LogP contribution in [0.4, 0.5) is 10.1 Å². The van der Waals surface area contributed by atoms with Crippen LogP contribution in [0, 0.1) is 5.82 Å². The van der Waals surface area contributed by atoms with Crippen molar-refractivity contribution in [1.29, 1.82) is 0 Å². The van der Waals surface area contributed by atoms with Crippen LogP contribution >= 0.6 is 15.9 Å². The third-order valence-electron chi connectivity index (χ3n) is 3.32. The van der Waals surface area contributed by atoms with Gasteiger partial charge in [0.05, 0.1) is 18.8 Å². The molecule has 2 aromatic carbocycles. The van der Waals surface area contributed by atoms with Gasteiger partial charge in [0.15, 0.2) is 0 Å². The van der Waals surface area contributed by atoms with Crippen molar-refractivity contribution in [2.45, 2.75) is 13.5 Å². The molecule has 0 aromatic heterocycles. The summed E-state index contributed by atoms with van der Waals surface area (Å²) in [5.74, 6) is 0.168. The molecule has 0 saturated heterocycles. The molecular formula is C18H20BrFN2O2. The predicted octanol–water partition coefficient (Wildman–Crippen LogP) is 4.06. The number of amides is 1. The first kappa shape index (κ1) is 18.4.